The van der Waals surface area contributed by atoms with Gasteiger partial charge in [-0.25, -0.2) is 9.59 Å². The number of ether oxygens (including phenoxy) is 1. The quantitative estimate of drug-likeness (QED) is 0.731. The minimum absolute atomic E-state index is 0.0896. The number of nitrogens with zero attached hydrogens (tertiary/aromatic N) is 1. The number of carbonyl (C=O) groups is 3. The predicted molar refractivity (Wildman–Crippen MR) is 112 cm³/mol. The smallest absolute Gasteiger partial charge is 0.338 e. The first-order valence-electron chi connectivity index (χ1n) is 9.75. The van der Waals surface area contributed by atoms with Gasteiger partial charge >= 0.3 is 12.0 Å². The molecule has 7 heteroatoms. The van der Waals surface area contributed by atoms with Crippen LogP contribution in [0.2, 0.25) is 0 Å². The number of carbonyl (C=O) groups excluding carboxylic acids is 3. The monoisotopic (exact) mass is 401 g/mol. The maximum absolute atomic E-state index is 12.7. The van der Waals surface area contributed by atoms with Crippen molar-refractivity contribution >= 4 is 23.6 Å². The summed E-state index contributed by atoms with van der Waals surface area (Å²) in [6, 6.07) is 6.18. The van der Waals surface area contributed by atoms with Crippen LogP contribution in [0.3, 0.4) is 0 Å². The van der Waals surface area contributed by atoms with E-state index >= 15 is 0 Å². The zero-order valence-electron chi connectivity index (χ0n) is 18.3. The molecule has 0 saturated carbocycles. The Morgan fingerprint density at radius 3 is 2.52 bits per heavy atom. The van der Waals surface area contributed by atoms with E-state index in [2.05, 4.69) is 10.6 Å². The Morgan fingerprint density at radius 1 is 1.28 bits per heavy atom. The number of benzene rings is 1. The molecule has 0 saturated heterocycles. The Kier molecular flexibility index (Phi) is 6.72. The zero-order valence-corrected chi connectivity index (χ0v) is 18.3. The summed E-state index contributed by atoms with van der Waals surface area (Å²) in [5.41, 5.74) is 2.08. The van der Waals surface area contributed by atoms with Crippen molar-refractivity contribution in [3.63, 3.8) is 0 Å². The minimum atomic E-state index is -0.663. The standard InChI is InChI=1S/C22H31N3O4/c1-13(2)29-20(27)18-14(3)25(7)21(28)24-19(18)15-9-8-10-16(11-15)23-17(26)12-22(4,5)6/h8-11,13,19H,12H2,1-7H3,(H,23,26)(H,24,28)/t19-/m1/s1. The Bertz CT molecular complexity index is 837. The summed E-state index contributed by atoms with van der Waals surface area (Å²) < 4.78 is 5.40. The lowest BCUT2D eigenvalue weighted by Crippen LogP contribution is -2.46. The van der Waals surface area contributed by atoms with Gasteiger partial charge < -0.3 is 20.3 Å². The number of hydrogen-bond donors (Lipinski definition) is 2. The molecule has 2 rings (SSSR count). The lowest BCUT2D eigenvalue weighted by atomic mass is 9.92. The summed E-state index contributed by atoms with van der Waals surface area (Å²) in [7, 11) is 1.60. The normalized spacial score (nSPS) is 17.3. The molecular weight excluding hydrogens is 370 g/mol. The maximum Gasteiger partial charge on any atom is 0.338 e. The van der Waals surface area contributed by atoms with E-state index < -0.39 is 12.0 Å². The molecule has 0 unspecified atom stereocenters. The first-order chi connectivity index (χ1) is 13.4. The second-order valence-corrected chi connectivity index (χ2v) is 8.81. The topological polar surface area (TPSA) is 87.7 Å². The Hall–Kier alpha value is -2.83. The highest BCUT2D eigenvalue weighted by Gasteiger charge is 2.35. The van der Waals surface area contributed by atoms with E-state index in [1.54, 1.807) is 46.0 Å². The molecule has 1 heterocycles. The van der Waals surface area contributed by atoms with Crippen LogP contribution in [0.4, 0.5) is 10.5 Å². The maximum atomic E-state index is 12.7. The van der Waals surface area contributed by atoms with Gasteiger partial charge in [-0.15, -0.1) is 0 Å². The average molecular weight is 402 g/mol. The van der Waals surface area contributed by atoms with E-state index in [0.717, 1.165) is 0 Å². The number of nitrogens with one attached hydrogen (secondary N) is 2. The molecule has 3 amide bonds. The average Bonchev–Trinajstić information content (AvgIpc) is 2.57. The van der Waals surface area contributed by atoms with Gasteiger partial charge in [0.25, 0.3) is 0 Å². The first kappa shape index (κ1) is 22.5. The van der Waals surface area contributed by atoms with Gasteiger partial charge in [-0.1, -0.05) is 32.9 Å². The third-order valence-corrected chi connectivity index (χ3v) is 4.51. The summed E-state index contributed by atoms with van der Waals surface area (Å²) in [5, 5.41) is 5.74. The van der Waals surface area contributed by atoms with Gasteiger partial charge in [-0.05, 0) is 43.9 Å². The van der Waals surface area contributed by atoms with Crippen LogP contribution in [-0.2, 0) is 14.3 Å². The van der Waals surface area contributed by atoms with Crippen LogP contribution < -0.4 is 10.6 Å². The highest BCUT2D eigenvalue weighted by molar-refractivity contribution is 5.95. The van der Waals surface area contributed by atoms with Crippen molar-refractivity contribution in [2.45, 2.75) is 60.1 Å². The number of rotatable bonds is 5. The Labute approximate surface area is 172 Å². The molecule has 158 valence electrons. The summed E-state index contributed by atoms with van der Waals surface area (Å²) in [6.45, 7) is 11.3. The van der Waals surface area contributed by atoms with Gasteiger partial charge in [0, 0.05) is 24.9 Å². The number of amides is 3. The molecule has 2 N–H and O–H groups in total. The van der Waals surface area contributed by atoms with Gasteiger partial charge in [-0.2, -0.15) is 0 Å². The molecule has 1 aromatic rings. The van der Waals surface area contributed by atoms with Crippen LogP contribution in [0.5, 0.6) is 0 Å². The summed E-state index contributed by atoms with van der Waals surface area (Å²) in [5.74, 6) is -0.565. The van der Waals surface area contributed by atoms with Crippen LogP contribution >= 0.6 is 0 Å². The van der Waals surface area contributed by atoms with E-state index in [1.807, 2.05) is 26.8 Å². The van der Waals surface area contributed by atoms with Crippen molar-refractivity contribution in [3.8, 4) is 0 Å². The number of anilines is 1. The van der Waals surface area contributed by atoms with Crippen molar-refractivity contribution in [1.29, 1.82) is 0 Å². The Balaban J connectivity index is 2.37. The molecule has 0 spiro atoms. The molecule has 0 fully saturated rings. The van der Waals surface area contributed by atoms with Gasteiger partial charge in [0.05, 0.1) is 17.7 Å². The van der Waals surface area contributed by atoms with Crippen LogP contribution in [0.25, 0.3) is 0 Å². The largest absolute Gasteiger partial charge is 0.459 e. The second-order valence-electron chi connectivity index (χ2n) is 8.81. The van der Waals surface area contributed by atoms with Gasteiger partial charge in [-0.3, -0.25) is 4.79 Å². The summed E-state index contributed by atoms with van der Waals surface area (Å²) in [6.07, 6.45) is 0.0991. The van der Waals surface area contributed by atoms with Gasteiger partial charge in [0.1, 0.15) is 0 Å². The number of urea groups is 1. The molecule has 1 aliphatic heterocycles. The fourth-order valence-corrected chi connectivity index (χ4v) is 3.11. The number of hydrogen-bond acceptors (Lipinski definition) is 4. The third kappa shape index (κ3) is 5.82. The molecular formula is C22H31N3O4. The van der Waals surface area contributed by atoms with Crippen LogP contribution in [0, 0.1) is 5.41 Å². The Morgan fingerprint density at radius 2 is 1.93 bits per heavy atom. The fraction of sp³-hybridized carbons (Fsp3) is 0.500. The predicted octanol–water partition coefficient (Wildman–Crippen LogP) is 3.98. The first-order valence-corrected chi connectivity index (χ1v) is 9.75. The third-order valence-electron chi connectivity index (χ3n) is 4.51. The van der Waals surface area contributed by atoms with E-state index in [0.29, 0.717) is 28.9 Å². The van der Waals surface area contributed by atoms with Crippen molar-refractivity contribution in [2.24, 2.45) is 5.41 Å². The molecule has 1 atom stereocenters. The molecule has 0 bridgehead atoms. The van der Waals surface area contributed by atoms with Crippen LogP contribution in [0.1, 0.15) is 59.6 Å². The van der Waals surface area contributed by atoms with Crippen LogP contribution in [-0.4, -0.2) is 36.0 Å². The molecule has 29 heavy (non-hydrogen) atoms. The van der Waals surface area contributed by atoms with Gasteiger partial charge in [0.15, 0.2) is 0 Å². The SMILES string of the molecule is CC1=C(C(=O)OC(C)C)[C@@H](c2cccc(NC(=O)CC(C)(C)C)c2)NC(=O)N1C. The number of allylic oxidation sites excluding steroid dienone is 1. The fourth-order valence-electron chi connectivity index (χ4n) is 3.11. The minimum Gasteiger partial charge on any atom is -0.459 e. The molecule has 0 aliphatic carbocycles. The van der Waals surface area contributed by atoms with Crippen LogP contribution in [0.15, 0.2) is 35.5 Å². The van der Waals surface area contributed by atoms with Gasteiger partial charge in [0.2, 0.25) is 5.91 Å². The lowest BCUT2D eigenvalue weighted by Gasteiger charge is -2.33. The summed E-state index contributed by atoms with van der Waals surface area (Å²) >= 11 is 0. The van der Waals surface area contributed by atoms with Crippen molar-refractivity contribution in [2.75, 3.05) is 12.4 Å². The number of esters is 1. The van der Waals surface area contributed by atoms with E-state index in [9.17, 15) is 14.4 Å². The van der Waals surface area contributed by atoms with E-state index in [-0.39, 0.29) is 23.5 Å². The van der Waals surface area contributed by atoms with E-state index in [4.69, 9.17) is 4.74 Å². The zero-order chi connectivity index (χ0) is 21.9. The molecule has 1 aromatic carbocycles. The van der Waals surface area contributed by atoms with Crippen molar-refractivity contribution < 1.29 is 19.1 Å². The van der Waals surface area contributed by atoms with Crippen molar-refractivity contribution in [3.05, 3.63) is 41.1 Å². The molecule has 0 aromatic heterocycles. The molecule has 0 radical (unpaired) electrons. The summed E-state index contributed by atoms with van der Waals surface area (Å²) in [4.78, 5) is 38.8. The van der Waals surface area contributed by atoms with Crippen molar-refractivity contribution in [1.82, 2.24) is 10.2 Å². The second kappa shape index (κ2) is 8.68. The molecule has 7 nitrogen and oxygen atoms in total. The lowest BCUT2D eigenvalue weighted by molar-refractivity contribution is -0.143. The highest BCUT2D eigenvalue weighted by atomic mass is 16.5. The highest BCUT2D eigenvalue weighted by Crippen LogP contribution is 2.32. The molecule has 1 aliphatic rings. The van der Waals surface area contributed by atoms with E-state index in [1.165, 1.54) is 4.90 Å².